The molecule has 0 atom stereocenters. The zero-order valence-corrected chi connectivity index (χ0v) is 19.7. The Balaban J connectivity index is 1.25. The Morgan fingerprint density at radius 1 is 0.781 bits per heavy atom. The number of hydrogen-bond donors (Lipinski definition) is 0. The third kappa shape index (κ3) is 5.74. The van der Waals surface area contributed by atoms with E-state index in [1.807, 2.05) is 12.1 Å². The molecule has 2 saturated carbocycles. The van der Waals surface area contributed by atoms with Crippen LogP contribution < -0.4 is 9.47 Å². The van der Waals surface area contributed by atoms with Crippen molar-refractivity contribution in [3.05, 3.63) is 59.7 Å². The highest BCUT2D eigenvalue weighted by Crippen LogP contribution is 2.44. The fourth-order valence-electron chi connectivity index (χ4n) is 5.98. The number of ether oxygens (including phenoxy) is 2. The molecule has 2 aliphatic carbocycles. The molecule has 0 saturated heterocycles. The summed E-state index contributed by atoms with van der Waals surface area (Å²) < 4.78 is 10.7. The van der Waals surface area contributed by atoms with E-state index in [-0.39, 0.29) is 5.97 Å². The Hall–Kier alpha value is -2.29. The van der Waals surface area contributed by atoms with E-state index in [0.29, 0.717) is 17.2 Å². The minimum atomic E-state index is -0.338. The normalized spacial score (nSPS) is 25.8. The molecule has 2 aromatic carbocycles. The van der Waals surface area contributed by atoms with Crippen LogP contribution in [0.3, 0.4) is 0 Å². The Kier molecular flexibility index (Phi) is 7.89. The zero-order chi connectivity index (χ0) is 22.3. The van der Waals surface area contributed by atoms with Crippen LogP contribution in [0.1, 0.15) is 93.0 Å². The van der Waals surface area contributed by atoms with Crippen LogP contribution in [0.15, 0.2) is 48.5 Å². The molecule has 0 N–H and O–H groups in total. The first-order valence-electron chi connectivity index (χ1n) is 12.6. The number of esters is 1. The summed E-state index contributed by atoms with van der Waals surface area (Å²) in [4.78, 5) is 12.4. The van der Waals surface area contributed by atoms with Crippen molar-refractivity contribution in [3.63, 3.8) is 0 Å². The third-order valence-electron chi connectivity index (χ3n) is 7.91. The topological polar surface area (TPSA) is 35.5 Å². The maximum absolute atomic E-state index is 12.4. The van der Waals surface area contributed by atoms with E-state index in [4.69, 9.17) is 9.47 Å². The van der Waals surface area contributed by atoms with Crippen molar-refractivity contribution in [2.24, 2.45) is 17.8 Å². The van der Waals surface area contributed by atoms with Crippen molar-refractivity contribution in [3.8, 4) is 11.5 Å². The molecule has 0 spiro atoms. The Morgan fingerprint density at radius 2 is 1.34 bits per heavy atom. The fraction of sp³-hybridized carbons (Fsp3) is 0.552. The van der Waals surface area contributed by atoms with Gasteiger partial charge in [0.1, 0.15) is 11.5 Å². The first kappa shape index (κ1) is 22.9. The van der Waals surface area contributed by atoms with Crippen LogP contribution in [0.5, 0.6) is 11.5 Å². The molecule has 2 aromatic rings. The molecule has 0 heterocycles. The Morgan fingerprint density at radius 3 is 1.91 bits per heavy atom. The van der Waals surface area contributed by atoms with Crippen molar-refractivity contribution >= 4 is 5.97 Å². The van der Waals surface area contributed by atoms with Gasteiger partial charge in [-0.15, -0.1) is 0 Å². The van der Waals surface area contributed by atoms with Gasteiger partial charge in [-0.05, 0) is 104 Å². The minimum absolute atomic E-state index is 0.338. The van der Waals surface area contributed by atoms with Crippen LogP contribution in [0, 0.1) is 17.8 Å². The number of carbonyl (C=O) groups is 1. The van der Waals surface area contributed by atoms with E-state index in [1.54, 1.807) is 31.4 Å². The molecule has 2 fully saturated rings. The van der Waals surface area contributed by atoms with Crippen molar-refractivity contribution in [1.82, 2.24) is 0 Å². The summed E-state index contributed by atoms with van der Waals surface area (Å²) in [6.07, 6.45) is 14.0. The van der Waals surface area contributed by atoms with Crippen LogP contribution in [0.25, 0.3) is 0 Å². The second kappa shape index (κ2) is 11.0. The quantitative estimate of drug-likeness (QED) is 0.329. The standard InChI is InChI=1S/C29H38O3/c1-3-4-21-5-7-22(8-6-21)23-9-11-24(12-10-23)25-13-19-28(20-14-25)32-29(30)26-15-17-27(31-2)18-16-26/h13-24H,3-12H2,1-2H3. The van der Waals surface area contributed by atoms with Crippen molar-refractivity contribution in [2.75, 3.05) is 7.11 Å². The summed E-state index contributed by atoms with van der Waals surface area (Å²) in [6.45, 7) is 2.32. The van der Waals surface area contributed by atoms with Gasteiger partial charge < -0.3 is 9.47 Å². The Bertz CT molecular complexity index is 839. The smallest absolute Gasteiger partial charge is 0.343 e. The lowest BCUT2D eigenvalue weighted by atomic mass is 9.68. The van der Waals surface area contributed by atoms with E-state index in [0.717, 1.165) is 23.5 Å². The summed E-state index contributed by atoms with van der Waals surface area (Å²) in [5.41, 5.74) is 1.91. The number of benzene rings is 2. The van der Waals surface area contributed by atoms with E-state index in [2.05, 4.69) is 19.1 Å². The van der Waals surface area contributed by atoms with Crippen molar-refractivity contribution in [2.45, 2.75) is 77.0 Å². The van der Waals surface area contributed by atoms with Crippen LogP contribution in [0.2, 0.25) is 0 Å². The monoisotopic (exact) mass is 434 g/mol. The molecule has 0 aliphatic heterocycles. The Labute approximate surface area is 193 Å². The molecular formula is C29H38O3. The molecule has 0 amide bonds. The average Bonchev–Trinajstić information content (AvgIpc) is 2.85. The first-order chi connectivity index (χ1) is 15.7. The van der Waals surface area contributed by atoms with Gasteiger partial charge in [0, 0.05) is 0 Å². The number of carbonyl (C=O) groups excluding carboxylic acids is 1. The highest BCUT2D eigenvalue weighted by atomic mass is 16.5. The first-order valence-corrected chi connectivity index (χ1v) is 12.6. The zero-order valence-electron chi connectivity index (χ0n) is 19.7. The largest absolute Gasteiger partial charge is 0.497 e. The number of rotatable bonds is 7. The highest BCUT2D eigenvalue weighted by molar-refractivity contribution is 5.91. The van der Waals surface area contributed by atoms with Gasteiger partial charge in [0.05, 0.1) is 12.7 Å². The molecule has 0 radical (unpaired) electrons. The van der Waals surface area contributed by atoms with Crippen molar-refractivity contribution in [1.29, 1.82) is 0 Å². The summed E-state index contributed by atoms with van der Waals surface area (Å²) in [5.74, 6) is 4.56. The summed E-state index contributed by atoms with van der Waals surface area (Å²) in [5, 5.41) is 0. The van der Waals surface area contributed by atoms with Crippen LogP contribution in [-0.2, 0) is 0 Å². The number of hydrogen-bond acceptors (Lipinski definition) is 3. The predicted molar refractivity (Wildman–Crippen MR) is 129 cm³/mol. The molecule has 172 valence electrons. The van der Waals surface area contributed by atoms with Crippen LogP contribution >= 0.6 is 0 Å². The van der Waals surface area contributed by atoms with E-state index in [1.165, 1.54) is 69.8 Å². The maximum Gasteiger partial charge on any atom is 0.343 e. The third-order valence-corrected chi connectivity index (χ3v) is 7.91. The minimum Gasteiger partial charge on any atom is -0.497 e. The van der Waals surface area contributed by atoms with E-state index >= 15 is 0 Å². The second-order valence-corrected chi connectivity index (χ2v) is 9.87. The fourth-order valence-corrected chi connectivity index (χ4v) is 5.98. The van der Waals surface area contributed by atoms with Crippen molar-refractivity contribution < 1.29 is 14.3 Å². The van der Waals surface area contributed by atoms with Gasteiger partial charge >= 0.3 is 5.97 Å². The summed E-state index contributed by atoms with van der Waals surface area (Å²) in [7, 11) is 1.61. The lowest BCUT2D eigenvalue weighted by molar-refractivity contribution is 0.0734. The van der Waals surface area contributed by atoms with Gasteiger partial charge in [-0.1, -0.05) is 44.7 Å². The molecule has 4 rings (SSSR count). The van der Waals surface area contributed by atoms with Gasteiger partial charge in [-0.3, -0.25) is 0 Å². The van der Waals surface area contributed by atoms with Gasteiger partial charge in [0.2, 0.25) is 0 Å². The SMILES string of the molecule is CCCC1CCC(C2CCC(c3ccc(OC(=O)c4ccc(OC)cc4)cc3)CC2)CC1. The highest BCUT2D eigenvalue weighted by Gasteiger charge is 2.31. The molecule has 0 unspecified atom stereocenters. The summed E-state index contributed by atoms with van der Waals surface area (Å²) in [6, 6.07) is 15.2. The number of methoxy groups -OCH3 is 1. The lowest BCUT2D eigenvalue weighted by Gasteiger charge is -2.38. The molecule has 2 aliphatic rings. The van der Waals surface area contributed by atoms with E-state index in [9.17, 15) is 4.79 Å². The lowest BCUT2D eigenvalue weighted by Crippen LogP contribution is -2.25. The summed E-state index contributed by atoms with van der Waals surface area (Å²) >= 11 is 0. The molecular weight excluding hydrogens is 396 g/mol. The second-order valence-electron chi connectivity index (χ2n) is 9.87. The maximum atomic E-state index is 12.4. The van der Waals surface area contributed by atoms with Crippen LogP contribution in [-0.4, -0.2) is 13.1 Å². The van der Waals surface area contributed by atoms with Gasteiger partial charge in [-0.2, -0.15) is 0 Å². The van der Waals surface area contributed by atoms with Crippen LogP contribution in [0.4, 0.5) is 0 Å². The predicted octanol–water partition coefficient (Wildman–Crippen LogP) is 7.79. The molecule has 32 heavy (non-hydrogen) atoms. The molecule has 0 aromatic heterocycles. The van der Waals surface area contributed by atoms with Gasteiger partial charge in [0.25, 0.3) is 0 Å². The molecule has 3 nitrogen and oxygen atoms in total. The van der Waals surface area contributed by atoms with Gasteiger partial charge in [-0.25, -0.2) is 4.79 Å². The van der Waals surface area contributed by atoms with Gasteiger partial charge in [0.15, 0.2) is 0 Å². The molecule has 0 bridgehead atoms. The van der Waals surface area contributed by atoms with E-state index < -0.39 is 0 Å². The average molecular weight is 435 g/mol. The molecule has 3 heteroatoms.